The van der Waals surface area contributed by atoms with Crippen LogP contribution in [0.3, 0.4) is 0 Å². The Bertz CT molecular complexity index is 399. The lowest BCUT2D eigenvalue weighted by molar-refractivity contribution is 0.0506. The van der Waals surface area contributed by atoms with Crippen LogP contribution < -0.4 is 5.32 Å². The fourth-order valence-corrected chi connectivity index (χ4v) is 4.06. The van der Waals surface area contributed by atoms with Gasteiger partial charge in [-0.1, -0.05) is 47.5 Å². The zero-order chi connectivity index (χ0) is 17.4. The molecule has 0 aliphatic carbocycles. The van der Waals surface area contributed by atoms with Crippen LogP contribution in [0.4, 0.5) is 4.79 Å². The second-order valence-electron chi connectivity index (χ2n) is 7.11. The second-order valence-corrected chi connectivity index (χ2v) is 10.4. The van der Waals surface area contributed by atoms with Crippen LogP contribution >= 0.6 is 21.6 Å². The molecule has 0 radical (unpaired) electrons. The predicted octanol–water partition coefficient (Wildman–Crippen LogP) is 5.15. The van der Waals surface area contributed by atoms with Crippen molar-refractivity contribution < 1.29 is 9.53 Å². The summed E-state index contributed by atoms with van der Waals surface area (Å²) in [6.45, 7) is 14.2. The van der Waals surface area contributed by atoms with E-state index in [9.17, 15) is 4.79 Å². The molecule has 0 heterocycles. The lowest BCUT2D eigenvalue weighted by Gasteiger charge is -2.25. The van der Waals surface area contributed by atoms with Crippen molar-refractivity contribution in [2.45, 2.75) is 76.5 Å². The monoisotopic (exact) mass is 348 g/mol. The Hall–Kier alpha value is -0.720. The highest BCUT2D eigenvalue weighted by Crippen LogP contribution is 2.39. The molecule has 0 aliphatic heterocycles. The molecule has 0 saturated carbocycles. The number of carbonyl (C=O) groups is 1. The average molecular weight is 349 g/mol. The SMILES string of the molecule is C[C@@H](CC(CN=[N+]=[N-])SSC(C)(C)C)NC(=O)OC(C)(C)C. The van der Waals surface area contributed by atoms with Gasteiger partial charge in [-0.3, -0.25) is 0 Å². The molecule has 0 saturated heterocycles. The lowest BCUT2D eigenvalue weighted by atomic mass is 10.2. The molecule has 0 fully saturated rings. The second kappa shape index (κ2) is 9.43. The van der Waals surface area contributed by atoms with E-state index in [4.69, 9.17) is 10.3 Å². The van der Waals surface area contributed by atoms with Gasteiger partial charge in [0, 0.05) is 27.5 Å². The summed E-state index contributed by atoms with van der Waals surface area (Å²) in [5, 5.41) is 6.63. The number of nitrogens with zero attached hydrogens (tertiary/aromatic N) is 3. The van der Waals surface area contributed by atoms with E-state index in [1.165, 1.54) is 0 Å². The minimum Gasteiger partial charge on any atom is -0.444 e. The molecule has 8 heteroatoms. The molecule has 128 valence electrons. The van der Waals surface area contributed by atoms with Crippen molar-refractivity contribution in [3.8, 4) is 0 Å². The third kappa shape index (κ3) is 13.0. The summed E-state index contributed by atoms with van der Waals surface area (Å²) in [7, 11) is 3.45. The molecule has 0 bridgehead atoms. The highest BCUT2D eigenvalue weighted by Gasteiger charge is 2.21. The summed E-state index contributed by atoms with van der Waals surface area (Å²) < 4.78 is 5.37. The Morgan fingerprint density at radius 2 is 1.91 bits per heavy atom. The van der Waals surface area contributed by atoms with Crippen LogP contribution in [0, 0.1) is 0 Å². The van der Waals surface area contributed by atoms with E-state index in [0.717, 1.165) is 0 Å². The molecule has 0 spiro atoms. The molecule has 0 aliphatic rings. The maximum Gasteiger partial charge on any atom is 0.407 e. The number of ether oxygens (including phenoxy) is 1. The van der Waals surface area contributed by atoms with Crippen LogP contribution in [-0.2, 0) is 4.74 Å². The van der Waals surface area contributed by atoms with Gasteiger partial charge in [-0.25, -0.2) is 4.79 Å². The topological polar surface area (TPSA) is 87.1 Å². The first-order valence-corrected chi connectivity index (χ1v) is 9.49. The van der Waals surface area contributed by atoms with E-state index in [2.05, 4.69) is 36.1 Å². The maximum atomic E-state index is 11.8. The molecule has 6 nitrogen and oxygen atoms in total. The highest BCUT2D eigenvalue weighted by molar-refractivity contribution is 8.77. The van der Waals surface area contributed by atoms with Crippen LogP contribution in [0.5, 0.6) is 0 Å². The first-order valence-electron chi connectivity index (χ1n) is 7.28. The first-order chi connectivity index (χ1) is 9.93. The summed E-state index contributed by atoms with van der Waals surface area (Å²) in [6, 6.07) is -0.0539. The van der Waals surface area contributed by atoms with Crippen molar-refractivity contribution in [1.82, 2.24) is 5.32 Å². The zero-order valence-corrected chi connectivity index (χ0v) is 16.2. The van der Waals surface area contributed by atoms with E-state index in [1.807, 2.05) is 27.7 Å². The molecule has 0 aromatic heterocycles. The van der Waals surface area contributed by atoms with Crippen LogP contribution in [-0.4, -0.2) is 34.3 Å². The minimum atomic E-state index is -0.509. The highest BCUT2D eigenvalue weighted by atomic mass is 33.1. The van der Waals surface area contributed by atoms with Crippen molar-refractivity contribution in [3.05, 3.63) is 10.4 Å². The first kappa shape index (κ1) is 21.3. The largest absolute Gasteiger partial charge is 0.444 e. The van der Waals surface area contributed by atoms with Crippen LogP contribution in [0.15, 0.2) is 5.11 Å². The number of hydrogen-bond donors (Lipinski definition) is 1. The van der Waals surface area contributed by atoms with Gasteiger partial charge in [-0.2, -0.15) is 0 Å². The van der Waals surface area contributed by atoms with Crippen molar-refractivity contribution in [1.29, 1.82) is 0 Å². The number of nitrogens with one attached hydrogen (secondary N) is 1. The number of alkyl carbamates (subject to hydrolysis) is 1. The molecule has 1 N–H and O–H groups in total. The summed E-state index contributed by atoms with van der Waals surface area (Å²) in [5.41, 5.74) is 7.99. The van der Waals surface area contributed by atoms with Gasteiger partial charge in [0.2, 0.25) is 0 Å². The quantitative estimate of drug-likeness (QED) is 0.298. The van der Waals surface area contributed by atoms with E-state index in [-0.39, 0.29) is 16.0 Å². The van der Waals surface area contributed by atoms with Crippen molar-refractivity contribution in [3.63, 3.8) is 0 Å². The Kier molecular flexibility index (Phi) is 9.12. The van der Waals surface area contributed by atoms with Crippen molar-refractivity contribution in [2.75, 3.05) is 6.54 Å². The van der Waals surface area contributed by atoms with Gasteiger partial charge in [-0.15, -0.1) is 0 Å². The van der Waals surface area contributed by atoms with E-state index in [1.54, 1.807) is 21.6 Å². The van der Waals surface area contributed by atoms with Crippen LogP contribution in [0.1, 0.15) is 54.9 Å². The van der Waals surface area contributed by atoms with Crippen LogP contribution in [0.25, 0.3) is 10.4 Å². The Balaban J connectivity index is 4.44. The number of azide groups is 1. The molecule has 0 aromatic rings. The summed E-state index contributed by atoms with van der Waals surface area (Å²) in [4.78, 5) is 14.6. The Morgan fingerprint density at radius 1 is 1.32 bits per heavy atom. The molecule has 1 unspecified atom stereocenters. The van der Waals surface area contributed by atoms with Gasteiger partial charge in [-0.05, 0) is 39.6 Å². The summed E-state index contributed by atoms with van der Waals surface area (Å²) in [6.07, 6.45) is 0.294. The smallest absolute Gasteiger partial charge is 0.407 e. The van der Waals surface area contributed by atoms with E-state index >= 15 is 0 Å². The van der Waals surface area contributed by atoms with Gasteiger partial charge in [0.05, 0.1) is 0 Å². The number of carbonyl (C=O) groups excluding carboxylic acids is 1. The molecule has 1 amide bonds. The Labute approximate surface area is 141 Å². The number of rotatable bonds is 7. The average Bonchev–Trinajstić information content (AvgIpc) is 2.28. The third-order valence-corrected chi connectivity index (χ3v) is 5.98. The van der Waals surface area contributed by atoms with E-state index < -0.39 is 11.7 Å². The lowest BCUT2D eigenvalue weighted by Crippen LogP contribution is -2.39. The van der Waals surface area contributed by atoms with E-state index in [0.29, 0.717) is 13.0 Å². The standard InChI is InChI=1S/C14H28N4O2S2/c1-10(17-12(19)20-13(2,3)4)8-11(9-16-18-15)21-22-14(5,6)7/h10-11H,8-9H2,1-7H3,(H,17,19)/t10-,11?/m0/s1. The van der Waals surface area contributed by atoms with Gasteiger partial charge in [0.1, 0.15) is 5.60 Å². The molecule has 0 rings (SSSR count). The normalized spacial score (nSPS) is 14.7. The number of amides is 1. The molecular weight excluding hydrogens is 320 g/mol. The van der Waals surface area contributed by atoms with Gasteiger partial charge in [0.15, 0.2) is 0 Å². The summed E-state index contributed by atoms with van der Waals surface area (Å²) >= 11 is 0. The number of hydrogen-bond acceptors (Lipinski definition) is 5. The molecular formula is C14H28N4O2S2. The Morgan fingerprint density at radius 3 is 2.36 bits per heavy atom. The molecule has 0 aromatic carbocycles. The maximum absolute atomic E-state index is 11.8. The van der Waals surface area contributed by atoms with Gasteiger partial charge in [0.25, 0.3) is 0 Å². The van der Waals surface area contributed by atoms with Crippen molar-refractivity contribution >= 4 is 27.7 Å². The van der Waals surface area contributed by atoms with Gasteiger partial charge < -0.3 is 10.1 Å². The fraction of sp³-hybridized carbons (Fsp3) is 0.929. The van der Waals surface area contributed by atoms with Crippen molar-refractivity contribution in [2.24, 2.45) is 5.11 Å². The third-order valence-electron chi connectivity index (χ3n) is 2.16. The van der Waals surface area contributed by atoms with Crippen LogP contribution in [0.2, 0.25) is 0 Å². The molecule has 22 heavy (non-hydrogen) atoms. The zero-order valence-electron chi connectivity index (χ0n) is 14.5. The minimum absolute atomic E-state index is 0.0539. The van der Waals surface area contributed by atoms with Gasteiger partial charge >= 0.3 is 6.09 Å². The predicted molar refractivity (Wildman–Crippen MR) is 96.2 cm³/mol. The molecule has 2 atom stereocenters. The summed E-state index contributed by atoms with van der Waals surface area (Å²) in [5.74, 6) is 0. The fourth-order valence-electron chi connectivity index (χ4n) is 1.45.